The van der Waals surface area contributed by atoms with E-state index in [-0.39, 0.29) is 5.82 Å². The number of aliphatic imine (C=N–C) groups is 1. The highest BCUT2D eigenvalue weighted by molar-refractivity contribution is 5.78. The molecule has 2 aromatic rings. The number of nitrogens with zero attached hydrogens (tertiary/aromatic N) is 5. The van der Waals surface area contributed by atoms with Crippen molar-refractivity contribution in [3.63, 3.8) is 0 Å². The number of guanidine groups is 1. The number of aromatic nitrogens is 1. The molecule has 3 heterocycles. The summed E-state index contributed by atoms with van der Waals surface area (Å²) in [5, 5.41) is 0. The topological polar surface area (TPSA) is 61.0 Å². The van der Waals surface area contributed by atoms with Crippen LogP contribution in [-0.4, -0.2) is 55.1 Å². The Morgan fingerprint density at radius 1 is 1.00 bits per heavy atom. The number of halogens is 1. The molecule has 0 unspecified atom stereocenters. The minimum atomic E-state index is -0.206. The second-order valence-electron chi connectivity index (χ2n) is 7.79. The number of benzene rings is 1. The quantitative estimate of drug-likeness (QED) is 0.636. The molecule has 0 atom stereocenters. The van der Waals surface area contributed by atoms with Crippen molar-refractivity contribution in [3.05, 3.63) is 53.5 Å². The molecule has 29 heavy (non-hydrogen) atoms. The van der Waals surface area contributed by atoms with Gasteiger partial charge < -0.3 is 20.4 Å². The summed E-state index contributed by atoms with van der Waals surface area (Å²) in [6.45, 7) is 8.06. The van der Waals surface area contributed by atoms with Crippen LogP contribution in [0.4, 0.5) is 15.9 Å². The number of aryl methyl sites for hydroxylation is 1. The third-order valence-electron chi connectivity index (χ3n) is 5.65. The van der Waals surface area contributed by atoms with Gasteiger partial charge in [-0.3, -0.25) is 0 Å². The highest BCUT2D eigenvalue weighted by atomic mass is 19.1. The smallest absolute Gasteiger partial charge is 0.191 e. The normalized spacial score (nSPS) is 17.9. The number of pyridine rings is 1. The molecular weight excluding hydrogens is 367 g/mol. The second kappa shape index (κ2) is 8.68. The predicted molar refractivity (Wildman–Crippen MR) is 116 cm³/mol. The summed E-state index contributed by atoms with van der Waals surface area (Å²) in [6, 6.07) is 10.9. The van der Waals surface area contributed by atoms with Crippen LogP contribution in [0.25, 0.3) is 0 Å². The molecule has 0 saturated carbocycles. The van der Waals surface area contributed by atoms with Gasteiger partial charge in [0.25, 0.3) is 0 Å². The van der Waals surface area contributed by atoms with Gasteiger partial charge in [-0.2, -0.15) is 0 Å². The molecule has 2 fully saturated rings. The molecule has 2 aliphatic rings. The Labute approximate surface area is 171 Å². The van der Waals surface area contributed by atoms with Crippen LogP contribution in [0.5, 0.6) is 0 Å². The van der Waals surface area contributed by atoms with E-state index in [2.05, 4.69) is 36.8 Å². The summed E-state index contributed by atoms with van der Waals surface area (Å²) in [6.07, 6.45) is 2.47. The van der Waals surface area contributed by atoms with Crippen LogP contribution in [0.15, 0.2) is 41.4 Å². The van der Waals surface area contributed by atoms with Crippen molar-refractivity contribution in [2.45, 2.75) is 26.3 Å². The van der Waals surface area contributed by atoms with Crippen LogP contribution >= 0.6 is 0 Å². The van der Waals surface area contributed by atoms with Gasteiger partial charge in [0.05, 0.1) is 6.54 Å². The van der Waals surface area contributed by atoms with E-state index in [9.17, 15) is 4.39 Å². The zero-order valence-electron chi connectivity index (χ0n) is 17.0. The zero-order chi connectivity index (χ0) is 20.2. The first-order valence-electron chi connectivity index (χ1n) is 10.4. The summed E-state index contributed by atoms with van der Waals surface area (Å²) in [5.74, 6) is 1.43. The van der Waals surface area contributed by atoms with E-state index in [1.807, 2.05) is 19.1 Å². The minimum absolute atomic E-state index is 0.206. The molecule has 4 rings (SSSR count). The van der Waals surface area contributed by atoms with Crippen LogP contribution < -0.4 is 15.5 Å². The summed E-state index contributed by atoms with van der Waals surface area (Å²) in [7, 11) is 0. The molecule has 7 heteroatoms. The molecule has 0 radical (unpaired) electrons. The fraction of sp³-hybridized carbons (Fsp3) is 0.455. The fourth-order valence-corrected chi connectivity index (χ4v) is 4.04. The van der Waals surface area contributed by atoms with E-state index >= 15 is 0 Å². The predicted octanol–water partition coefficient (Wildman–Crippen LogP) is 2.77. The van der Waals surface area contributed by atoms with Crippen LogP contribution in [0.3, 0.4) is 0 Å². The van der Waals surface area contributed by atoms with Crippen molar-refractivity contribution in [3.8, 4) is 0 Å². The molecule has 1 aromatic heterocycles. The van der Waals surface area contributed by atoms with E-state index in [1.165, 1.54) is 25.0 Å². The van der Waals surface area contributed by atoms with E-state index < -0.39 is 0 Å². The third kappa shape index (κ3) is 4.78. The molecule has 0 spiro atoms. The van der Waals surface area contributed by atoms with Crippen molar-refractivity contribution >= 4 is 17.5 Å². The van der Waals surface area contributed by atoms with Crippen molar-refractivity contribution in [1.29, 1.82) is 0 Å². The van der Waals surface area contributed by atoms with Crippen molar-refractivity contribution in [2.24, 2.45) is 10.7 Å². The average Bonchev–Trinajstić information content (AvgIpc) is 3.27. The molecule has 154 valence electrons. The molecule has 0 aliphatic carbocycles. The number of hydrogen-bond donors (Lipinski definition) is 1. The Balaban J connectivity index is 1.35. The first-order chi connectivity index (χ1) is 14.1. The lowest BCUT2D eigenvalue weighted by molar-refractivity contribution is 0.380. The Kier molecular flexibility index (Phi) is 5.83. The minimum Gasteiger partial charge on any atom is -0.370 e. The molecule has 0 amide bonds. The van der Waals surface area contributed by atoms with E-state index in [0.717, 1.165) is 62.0 Å². The Hall–Kier alpha value is -2.83. The van der Waals surface area contributed by atoms with Crippen LogP contribution in [0, 0.1) is 12.7 Å². The molecule has 2 saturated heterocycles. The van der Waals surface area contributed by atoms with Crippen molar-refractivity contribution < 1.29 is 4.39 Å². The molecule has 1 aromatic carbocycles. The first kappa shape index (κ1) is 19.5. The molecule has 0 bridgehead atoms. The highest BCUT2D eigenvalue weighted by Crippen LogP contribution is 2.21. The van der Waals surface area contributed by atoms with Crippen molar-refractivity contribution in [2.75, 3.05) is 49.1 Å². The number of hydrogen-bond acceptors (Lipinski definition) is 4. The largest absolute Gasteiger partial charge is 0.370 e. The monoisotopic (exact) mass is 396 g/mol. The zero-order valence-corrected chi connectivity index (χ0v) is 17.0. The highest BCUT2D eigenvalue weighted by Gasteiger charge is 2.19. The average molecular weight is 397 g/mol. The molecule has 2 N–H and O–H groups in total. The number of piperazine rings is 1. The second-order valence-corrected chi connectivity index (χ2v) is 7.79. The van der Waals surface area contributed by atoms with Crippen LogP contribution in [-0.2, 0) is 6.54 Å². The summed E-state index contributed by atoms with van der Waals surface area (Å²) >= 11 is 0. The van der Waals surface area contributed by atoms with Crippen LogP contribution in [0.1, 0.15) is 24.1 Å². The maximum absolute atomic E-state index is 13.1. The van der Waals surface area contributed by atoms with E-state index in [0.29, 0.717) is 12.5 Å². The maximum atomic E-state index is 13.1. The van der Waals surface area contributed by atoms with Gasteiger partial charge in [-0.25, -0.2) is 14.4 Å². The molecular formula is C22H29FN6. The standard InChI is InChI=1S/C22H29FN6/c1-17-14-18(15-21(26-17)28-8-2-3-9-28)16-25-22(24)29-12-10-27(11-13-29)20-6-4-19(23)5-7-20/h4-7,14-15H,2-3,8-13,16H2,1H3,(H2,24,25). The maximum Gasteiger partial charge on any atom is 0.191 e. The lowest BCUT2D eigenvalue weighted by Crippen LogP contribution is -2.51. The van der Waals surface area contributed by atoms with Gasteiger partial charge in [-0.05, 0) is 61.7 Å². The lowest BCUT2D eigenvalue weighted by atomic mass is 10.2. The van der Waals surface area contributed by atoms with Crippen molar-refractivity contribution in [1.82, 2.24) is 9.88 Å². The molecule has 2 aliphatic heterocycles. The van der Waals surface area contributed by atoms with Gasteiger partial charge >= 0.3 is 0 Å². The van der Waals surface area contributed by atoms with E-state index in [4.69, 9.17) is 5.73 Å². The Morgan fingerprint density at radius 2 is 1.69 bits per heavy atom. The van der Waals surface area contributed by atoms with Gasteiger partial charge in [0, 0.05) is 50.6 Å². The fourth-order valence-electron chi connectivity index (χ4n) is 4.04. The Morgan fingerprint density at radius 3 is 2.38 bits per heavy atom. The van der Waals surface area contributed by atoms with Gasteiger partial charge in [-0.15, -0.1) is 0 Å². The van der Waals surface area contributed by atoms with Gasteiger partial charge in [0.15, 0.2) is 5.96 Å². The van der Waals surface area contributed by atoms with Gasteiger partial charge in [0.2, 0.25) is 0 Å². The summed E-state index contributed by atoms with van der Waals surface area (Å²) in [4.78, 5) is 16.0. The van der Waals surface area contributed by atoms with Gasteiger partial charge in [0.1, 0.15) is 11.6 Å². The van der Waals surface area contributed by atoms with Gasteiger partial charge in [-0.1, -0.05) is 0 Å². The number of rotatable bonds is 4. The number of anilines is 2. The SMILES string of the molecule is Cc1cc(CN=C(N)N2CCN(c3ccc(F)cc3)CC2)cc(N2CCCC2)n1. The summed E-state index contributed by atoms with van der Waals surface area (Å²) < 4.78 is 13.1. The lowest BCUT2D eigenvalue weighted by Gasteiger charge is -2.36. The van der Waals surface area contributed by atoms with Crippen LogP contribution in [0.2, 0.25) is 0 Å². The third-order valence-corrected chi connectivity index (χ3v) is 5.65. The summed E-state index contributed by atoms with van der Waals surface area (Å²) in [5.41, 5.74) is 9.49. The molecule has 6 nitrogen and oxygen atoms in total. The Bertz CT molecular complexity index is 852. The number of nitrogens with two attached hydrogens (primary N) is 1. The van der Waals surface area contributed by atoms with E-state index in [1.54, 1.807) is 0 Å². The first-order valence-corrected chi connectivity index (χ1v) is 10.4.